The van der Waals surface area contributed by atoms with Gasteiger partial charge in [0.1, 0.15) is 41.4 Å². The summed E-state index contributed by atoms with van der Waals surface area (Å²) >= 11 is 6.84. The molecule has 3 saturated heterocycles. The summed E-state index contributed by atoms with van der Waals surface area (Å²) in [5, 5.41) is 2.71. The second-order valence-electron chi connectivity index (χ2n) is 17.0. The Hall–Kier alpha value is -5.28. The number of piperazine rings is 1. The van der Waals surface area contributed by atoms with E-state index in [2.05, 4.69) is 20.2 Å². The Bertz CT molecular complexity index is 2390. The molecule has 0 radical (unpaired) electrons. The van der Waals surface area contributed by atoms with Gasteiger partial charge in [0.05, 0.1) is 22.7 Å². The highest BCUT2D eigenvalue weighted by Crippen LogP contribution is 2.43. The van der Waals surface area contributed by atoms with Crippen LogP contribution in [0.15, 0.2) is 42.7 Å². The number of nitrogens with one attached hydrogen (secondary N) is 1. The molecule has 8 rings (SSSR count). The van der Waals surface area contributed by atoms with Gasteiger partial charge in [-0.25, -0.2) is 23.1 Å². The van der Waals surface area contributed by atoms with E-state index in [4.69, 9.17) is 16.3 Å². The van der Waals surface area contributed by atoms with Crippen LogP contribution in [0.4, 0.5) is 19.0 Å². The number of halogens is 4. The van der Waals surface area contributed by atoms with Gasteiger partial charge in [-0.15, -0.1) is 0 Å². The molecule has 12 nitrogen and oxygen atoms in total. The van der Waals surface area contributed by atoms with Crippen LogP contribution in [-0.2, 0) is 20.9 Å². The fourth-order valence-electron chi connectivity index (χ4n) is 9.67. The van der Waals surface area contributed by atoms with E-state index in [0.717, 1.165) is 82.1 Å². The summed E-state index contributed by atoms with van der Waals surface area (Å²) in [7, 11) is 0. The lowest BCUT2D eigenvalue weighted by atomic mass is 9.85. The van der Waals surface area contributed by atoms with Crippen molar-refractivity contribution < 1.29 is 37.1 Å². The number of nitrogens with zero attached hydrogens (tertiary/aromatic N) is 6. The second kappa shape index (κ2) is 19.6. The maximum atomic E-state index is 16.1. The van der Waals surface area contributed by atoms with E-state index in [1.165, 1.54) is 35.5 Å². The van der Waals surface area contributed by atoms with Gasteiger partial charge in [-0.05, 0) is 99.1 Å². The lowest BCUT2D eigenvalue weighted by molar-refractivity contribution is -0.137. The molecule has 4 aliphatic heterocycles. The van der Waals surface area contributed by atoms with Crippen LogP contribution in [0.3, 0.4) is 0 Å². The van der Waals surface area contributed by atoms with Crippen molar-refractivity contribution in [1.82, 2.24) is 30.0 Å². The molecule has 1 unspecified atom stereocenters. The Balaban J connectivity index is 0.780. The van der Waals surface area contributed by atoms with E-state index < -0.39 is 29.4 Å². The van der Waals surface area contributed by atoms with E-state index in [-0.39, 0.29) is 64.9 Å². The largest absolute Gasteiger partial charge is 0.493 e. The molecular weight excluding hydrogens is 835 g/mol. The Labute approximate surface area is 370 Å². The third-order valence-corrected chi connectivity index (χ3v) is 13.4. The van der Waals surface area contributed by atoms with Gasteiger partial charge in [0.25, 0.3) is 5.91 Å². The zero-order chi connectivity index (χ0) is 44.2. The summed E-state index contributed by atoms with van der Waals surface area (Å²) in [5.74, 6) is -2.08. The highest BCUT2D eigenvalue weighted by molar-refractivity contribution is 6.38. The van der Waals surface area contributed by atoms with Crippen LogP contribution in [0.25, 0.3) is 22.0 Å². The smallest absolute Gasteiger partial charge is 0.255 e. The normalized spacial score (nSPS) is 18.7. The zero-order valence-corrected chi connectivity index (χ0v) is 36.3. The SMILES string of the molecule is CCC(=O)N1CCN(c2ncnc3c(Cl)c(-c4c(F)cccc4OCCCCCCCCN4CCC(c5cc(F)cc6c5CN(C5CCC(=O)NC5=O)C6=O)CC4)c(F)cc23)CC1. The van der Waals surface area contributed by atoms with Crippen molar-refractivity contribution in [2.24, 2.45) is 0 Å². The summed E-state index contributed by atoms with van der Waals surface area (Å²) in [6.45, 7) is 7.24. The lowest BCUT2D eigenvalue weighted by Gasteiger charge is -2.35. The van der Waals surface area contributed by atoms with Gasteiger partial charge in [0, 0.05) is 62.1 Å². The van der Waals surface area contributed by atoms with Gasteiger partial charge < -0.3 is 24.3 Å². The Morgan fingerprint density at radius 1 is 0.873 bits per heavy atom. The molecule has 4 aliphatic rings. The van der Waals surface area contributed by atoms with Gasteiger partial charge in [-0.1, -0.05) is 50.3 Å². The number of ether oxygens (including phenoxy) is 1. The van der Waals surface area contributed by atoms with Crippen LogP contribution in [0.2, 0.25) is 5.02 Å². The average molecular weight is 888 g/mol. The van der Waals surface area contributed by atoms with E-state index >= 15 is 8.78 Å². The highest BCUT2D eigenvalue weighted by Gasteiger charge is 2.41. The number of hydrogen-bond donors (Lipinski definition) is 1. The molecule has 4 amide bonds. The number of anilines is 1. The Morgan fingerprint density at radius 2 is 1.62 bits per heavy atom. The minimum atomic E-state index is -0.734. The molecule has 4 aromatic rings. The van der Waals surface area contributed by atoms with Crippen molar-refractivity contribution in [2.45, 2.75) is 96.1 Å². The maximum absolute atomic E-state index is 16.1. The quantitative estimate of drug-likeness (QED) is 0.0941. The topological polar surface area (TPSA) is 128 Å². The first-order valence-corrected chi connectivity index (χ1v) is 22.7. The minimum absolute atomic E-state index is 0.0275. The lowest BCUT2D eigenvalue weighted by Crippen LogP contribution is -2.52. The highest BCUT2D eigenvalue weighted by atomic mass is 35.5. The standard InChI is InChI=1S/C47H53ClF3N7O5/c1-2-40(60)56-19-21-57(22-20-56)45-33-26-36(51)42(43(48)44(33)52-28-53-45)41-35(50)10-9-11-38(41)63-23-8-6-4-3-5-7-16-55-17-14-29(15-18-55)31-24-30(49)25-32-34(31)27-58(47(32)62)37-12-13-39(59)54-46(37)61/h9-11,24-26,28-29,37H,2-8,12-23,27H2,1H3,(H,54,59,61). The number of imide groups is 1. The van der Waals surface area contributed by atoms with Gasteiger partial charge >= 0.3 is 0 Å². The fraction of sp³-hybridized carbons (Fsp3) is 0.489. The molecule has 0 saturated carbocycles. The number of rotatable bonds is 15. The molecule has 1 atom stereocenters. The molecule has 334 valence electrons. The van der Waals surface area contributed by atoms with E-state index in [0.29, 0.717) is 61.5 Å². The third kappa shape index (κ3) is 9.50. The molecule has 1 N–H and O–H groups in total. The van der Waals surface area contributed by atoms with Crippen molar-refractivity contribution in [3.05, 3.63) is 81.9 Å². The predicted molar refractivity (Wildman–Crippen MR) is 233 cm³/mol. The van der Waals surface area contributed by atoms with Crippen molar-refractivity contribution in [2.75, 3.05) is 57.3 Å². The number of likely N-dealkylation sites (tertiary alicyclic amines) is 1. The molecular formula is C47H53ClF3N7O5. The zero-order valence-electron chi connectivity index (χ0n) is 35.6. The van der Waals surface area contributed by atoms with Crippen molar-refractivity contribution in [1.29, 1.82) is 0 Å². The number of benzene rings is 3. The van der Waals surface area contributed by atoms with Crippen molar-refractivity contribution in [3.63, 3.8) is 0 Å². The molecule has 1 aromatic heterocycles. The molecule has 0 spiro atoms. The molecule has 0 aliphatic carbocycles. The van der Waals surface area contributed by atoms with Gasteiger partial charge in [-0.2, -0.15) is 0 Å². The first-order valence-electron chi connectivity index (χ1n) is 22.3. The summed E-state index contributed by atoms with van der Waals surface area (Å²) in [5.41, 5.74) is 2.11. The summed E-state index contributed by atoms with van der Waals surface area (Å²) < 4.78 is 52.5. The number of carbonyl (C=O) groups excluding carboxylic acids is 4. The molecule has 0 bridgehead atoms. The Morgan fingerprint density at radius 3 is 2.37 bits per heavy atom. The monoisotopic (exact) mass is 887 g/mol. The average Bonchev–Trinajstić information content (AvgIpc) is 3.60. The van der Waals surface area contributed by atoms with Crippen LogP contribution in [0.5, 0.6) is 5.75 Å². The number of aromatic nitrogens is 2. The first kappa shape index (κ1) is 44.3. The third-order valence-electron chi connectivity index (χ3n) is 13.1. The fourth-order valence-corrected chi connectivity index (χ4v) is 10.0. The van der Waals surface area contributed by atoms with Gasteiger partial charge in [-0.3, -0.25) is 24.5 Å². The number of piperidine rings is 2. The molecule has 63 heavy (non-hydrogen) atoms. The maximum Gasteiger partial charge on any atom is 0.255 e. The Kier molecular flexibility index (Phi) is 13.8. The van der Waals surface area contributed by atoms with Gasteiger partial charge in [0.2, 0.25) is 17.7 Å². The molecule has 3 aromatic carbocycles. The van der Waals surface area contributed by atoms with E-state index in [1.54, 1.807) is 17.0 Å². The number of unbranched alkanes of at least 4 members (excludes halogenated alkanes) is 5. The summed E-state index contributed by atoms with van der Waals surface area (Å²) in [6.07, 6.45) is 9.80. The summed E-state index contributed by atoms with van der Waals surface area (Å²) in [4.78, 5) is 66.2. The number of carbonyl (C=O) groups is 4. The second-order valence-corrected chi connectivity index (χ2v) is 17.4. The predicted octanol–water partition coefficient (Wildman–Crippen LogP) is 7.79. The molecule has 3 fully saturated rings. The molecule has 16 heteroatoms. The van der Waals surface area contributed by atoms with Crippen LogP contribution in [0.1, 0.15) is 105 Å². The minimum Gasteiger partial charge on any atom is -0.493 e. The summed E-state index contributed by atoms with van der Waals surface area (Å²) in [6, 6.07) is 7.80. The number of hydrogen-bond acceptors (Lipinski definition) is 9. The van der Waals surface area contributed by atoms with Crippen molar-refractivity contribution in [3.8, 4) is 16.9 Å². The first-order chi connectivity index (χ1) is 30.5. The molecule has 5 heterocycles. The number of fused-ring (bicyclic) bond motifs is 2. The van der Waals surface area contributed by atoms with Crippen LogP contribution < -0.4 is 15.0 Å². The van der Waals surface area contributed by atoms with Crippen LogP contribution in [-0.4, -0.2) is 107 Å². The number of amides is 4. The van der Waals surface area contributed by atoms with Crippen LogP contribution >= 0.6 is 11.6 Å². The van der Waals surface area contributed by atoms with Crippen molar-refractivity contribution >= 4 is 52.0 Å². The van der Waals surface area contributed by atoms with Crippen LogP contribution in [0, 0.1) is 17.5 Å². The van der Waals surface area contributed by atoms with Gasteiger partial charge in [0.15, 0.2) is 0 Å². The van der Waals surface area contributed by atoms with E-state index in [9.17, 15) is 23.6 Å². The van der Waals surface area contributed by atoms with E-state index in [1.807, 2.05) is 11.8 Å².